The van der Waals surface area contributed by atoms with E-state index in [9.17, 15) is 9.59 Å². The van der Waals surface area contributed by atoms with Crippen LogP contribution in [0.15, 0.2) is 27.2 Å². The molecule has 7 heteroatoms. The summed E-state index contributed by atoms with van der Waals surface area (Å²) in [5.41, 5.74) is 0.187. The van der Waals surface area contributed by atoms with Crippen LogP contribution in [0.5, 0.6) is 0 Å². The van der Waals surface area contributed by atoms with E-state index in [1.165, 1.54) is 19.3 Å². The van der Waals surface area contributed by atoms with E-state index < -0.39 is 11.9 Å². The number of nitrogens with zero attached hydrogens (tertiary/aromatic N) is 1. The second-order valence-corrected chi connectivity index (χ2v) is 3.17. The van der Waals surface area contributed by atoms with Crippen molar-refractivity contribution in [3.05, 3.63) is 35.6 Å². The third-order valence-corrected chi connectivity index (χ3v) is 1.96. The number of carbonyl (C=O) groups is 2. The van der Waals surface area contributed by atoms with Crippen molar-refractivity contribution in [2.45, 2.75) is 6.92 Å². The highest BCUT2D eigenvalue weighted by Gasteiger charge is 2.18. The Hall–Kier alpha value is -2.57. The Kier molecular flexibility index (Phi) is 2.65. The van der Waals surface area contributed by atoms with E-state index in [4.69, 9.17) is 13.9 Å². The standard InChI is InChI=1S/C10H8N2O5/c1-5-7(9(14)15)17-10(11-5)12-8(13)6-3-2-4-16-6/h2-4H,1H3,(H,14,15)(H,11,12,13). The van der Waals surface area contributed by atoms with Crippen LogP contribution in [0.25, 0.3) is 0 Å². The molecule has 7 nitrogen and oxygen atoms in total. The smallest absolute Gasteiger partial charge is 0.373 e. The first-order valence-corrected chi connectivity index (χ1v) is 4.63. The van der Waals surface area contributed by atoms with Crippen LogP contribution in [0.3, 0.4) is 0 Å². The molecule has 1 amide bonds. The van der Waals surface area contributed by atoms with Crippen LogP contribution in [0.2, 0.25) is 0 Å². The third-order valence-electron chi connectivity index (χ3n) is 1.96. The van der Waals surface area contributed by atoms with Gasteiger partial charge in [-0.05, 0) is 19.1 Å². The van der Waals surface area contributed by atoms with Crippen molar-refractivity contribution < 1.29 is 23.5 Å². The molecule has 2 aromatic rings. The highest BCUT2D eigenvalue weighted by Crippen LogP contribution is 2.15. The number of aromatic carboxylic acids is 1. The van der Waals surface area contributed by atoms with Crippen LogP contribution < -0.4 is 5.32 Å². The molecule has 0 spiro atoms. The van der Waals surface area contributed by atoms with Crippen molar-refractivity contribution >= 4 is 17.9 Å². The van der Waals surface area contributed by atoms with Gasteiger partial charge in [-0.3, -0.25) is 10.1 Å². The minimum atomic E-state index is -1.24. The van der Waals surface area contributed by atoms with Gasteiger partial charge < -0.3 is 13.9 Å². The molecule has 0 bridgehead atoms. The Morgan fingerprint density at radius 2 is 2.24 bits per heavy atom. The maximum atomic E-state index is 11.5. The highest BCUT2D eigenvalue weighted by molar-refractivity contribution is 6.01. The molecule has 0 saturated carbocycles. The molecule has 2 aromatic heterocycles. The van der Waals surface area contributed by atoms with Crippen LogP contribution in [0, 0.1) is 6.92 Å². The zero-order valence-electron chi connectivity index (χ0n) is 8.76. The summed E-state index contributed by atoms with van der Waals surface area (Å²) in [5, 5.41) is 11.0. The summed E-state index contributed by atoms with van der Waals surface area (Å²) in [7, 11) is 0. The molecule has 2 heterocycles. The van der Waals surface area contributed by atoms with Gasteiger partial charge in [0.2, 0.25) is 5.76 Å². The van der Waals surface area contributed by atoms with Gasteiger partial charge in [-0.25, -0.2) is 4.79 Å². The van der Waals surface area contributed by atoms with Crippen LogP contribution in [-0.4, -0.2) is 22.0 Å². The molecule has 2 N–H and O–H groups in total. The average molecular weight is 236 g/mol. The largest absolute Gasteiger partial charge is 0.475 e. The number of hydrogen-bond donors (Lipinski definition) is 2. The summed E-state index contributed by atoms with van der Waals surface area (Å²) in [6, 6.07) is 2.84. The van der Waals surface area contributed by atoms with Gasteiger partial charge in [-0.1, -0.05) is 0 Å². The van der Waals surface area contributed by atoms with Gasteiger partial charge in [0.1, 0.15) is 0 Å². The molecule has 0 unspecified atom stereocenters. The molecule has 0 radical (unpaired) electrons. The molecule has 0 aliphatic heterocycles. The molecule has 88 valence electrons. The number of carboxylic acids is 1. The number of oxazole rings is 1. The molecular formula is C10H8N2O5. The number of hydrogen-bond acceptors (Lipinski definition) is 5. The van der Waals surface area contributed by atoms with Gasteiger partial charge in [0.15, 0.2) is 5.76 Å². The predicted molar refractivity (Wildman–Crippen MR) is 54.9 cm³/mol. The molecule has 0 aliphatic rings. The number of furan rings is 1. The summed E-state index contributed by atoms with van der Waals surface area (Å²) >= 11 is 0. The van der Waals surface area contributed by atoms with E-state index in [1.54, 1.807) is 6.07 Å². The number of anilines is 1. The fourth-order valence-electron chi connectivity index (χ4n) is 1.21. The molecule has 0 fully saturated rings. The van der Waals surface area contributed by atoms with E-state index in [1.807, 2.05) is 0 Å². The Bertz CT molecular complexity index is 555. The SMILES string of the molecule is Cc1nc(NC(=O)c2ccco2)oc1C(=O)O. The fourth-order valence-corrected chi connectivity index (χ4v) is 1.21. The third kappa shape index (κ3) is 2.17. The minimum Gasteiger partial charge on any atom is -0.475 e. The monoisotopic (exact) mass is 236 g/mol. The molecule has 0 atom stereocenters. The number of carbonyl (C=O) groups excluding carboxylic acids is 1. The first-order valence-electron chi connectivity index (χ1n) is 4.63. The topological polar surface area (TPSA) is 106 Å². The van der Waals surface area contributed by atoms with Crippen LogP contribution >= 0.6 is 0 Å². The second kappa shape index (κ2) is 4.12. The van der Waals surface area contributed by atoms with Crippen LogP contribution in [-0.2, 0) is 0 Å². The van der Waals surface area contributed by atoms with Gasteiger partial charge in [0.25, 0.3) is 5.91 Å². The lowest BCUT2D eigenvalue weighted by atomic mass is 10.4. The normalized spacial score (nSPS) is 10.2. The minimum absolute atomic E-state index is 0.0812. The van der Waals surface area contributed by atoms with Crippen molar-refractivity contribution in [2.75, 3.05) is 5.32 Å². The summed E-state index contributed by atoms with van der Waals surface area (Å²) in [6.45, 7) is 1.47. The second-order valence-electron chi connectivity index (χ2n) is 3.17. The Morgan fingerprint density at radius 3 is 2.76 bits per heavy atom. The molecular weight excluding hydrogens is 228 g/mol. The Morgan fingerprint density at radius 1 is 1.47 bits per heavy atom. The number of rotatable bonds is 3. The number of aryl methyl sites for hydroxylation is 1. The maximum Gasteiger partial charge on any atom is 0.373 e. The lowest BCUT2D eigenvalue weighted by molar-refractivity contribution is 0.0661. The maximum absolute atomic E-state index is 11.5. The van der Waals surface area contributed by atoms with Crippen molar-refractivity contribution in [2.24, 2.45) is 0 Å². The quantitative estimate of drug-likeness (QED) is 0.836. The van der Waals surface area contributed by atoms with Crippen molar-refractivity contribution in [1.82, 2.24) is 4.98 Å². The molecule has 0 aliphatic carbocycles. The summed E-state index contributed by atoms with van der Waals surface area (Å²) < 4.78 is 9.71. The zero-order valence-corrected chi connectivity index (χ0v) is 8.76. The summed E-state index contributed by atoms with van der Waals surface area (Å²) in [6.07, 6.45) is 1.35. The van der Waals surface area contributed by atoms with E-state index in [0.29, 0.717) is 0 Å². The molecule has 0 aromatic carbocycles. The number of amides is 1. The van der Waals surface area contributed by atoms with Gasteiger partial charge >= 0.3 is 12.0 Å². The fraction of sp³-hybridized carbons (Fsp3) is 0.100. The number of nitrogens with one attached hydrogen (secondary N) is 1. The lowest BCUT2D eigenvalue weighted by Crippen LogP contribution is -2.10. The zero-order chi connectivity index (χ0) is 12.4. The van der Waals surface area contributed by atoms with Gasteiger partial charge in [0, 0.05) is 0 Å². The molecule has 0 saturated heterocycles. The number of aromatic nitrogens is 1. The molecule has 17 heavy (non-hydrogen) atoms. The van der Waals surface area contributed by atoms with Gasteiger partial charge in [-0.2, -0.15) is 4.98 Å². The Labute approximate surface area is 95.1 Å². The van der Waals surface area contributed by atoms with Gasteiger partial charge in [-0.15, -0.1) is 0 Å². The predicted octanol–water partition coefficient (Wildman–Crippen LogP) is 1.53. The summed E-state index contributed by atoms with van der Waals surface area (Å²) in [5.74, 6) is -2.03. The highest BCUT2D eigenvalue weighted by atomic mass is 16.4. The lowest BCUT2D eigenvalue weighted by Gasteiger charge is -1.95. The van der Waals surface area contributed by atoms with Crippen LogP contribution in [0.1, 0.15) is 26.8 Å². The average Bonchev–Trinajstić information content (AvgIpc) is 2.86. The Balaban J connectivity index is 2.17. The van der Waals surface area contributed by atoms with E-state index >= 15 is 0 Å². The number of carboxylic acid groups (broad SMARTS) is 1. The van der Waals surface area contributed by atoms with E-state index in [2.05, 4.69) is 10.3 Å². The van der Waals surface area contributed by atoms with Crippen molar-refractivity contribution in [1.29, 1.82) is 0 Å². The first-order chi connectivity index (χ1) is 8.08. The van der Waals surface area contributed by atoms with E-state index in [0.717, 1.165) is 0 Å². The molecule has 2 rings (SSSR count). The van der Waals surface area contributed by atoms with Crippen LogP contribution in [0.4, 0.5) is 6.01 Å². The van der Waals surface area contributed by atoms with Crippen molar-refractivity contribution in [3.63, 3.8) is 0 Å². The first kappa shape index (κ1) is 10.9. The van der Waals surface area contributed by atoms with E-state index in [-0.39, 0.29) is 23.2 Å². The van der Waals surface area contributed by atoms with Crippen molar-refractivity contribution in [3.8, 4) is 0 Å². The summed E-state index contributed by atoms with van der Waals surface area (Å²) in [4.78, 5) is 26.0. The van der Waals surface area contributed by atoms with Gasteiger partial charge in [0.05, 0.1) is 12.0 Å².